The van der Waals surface area contributed by atoms with Crippen LogP contribution in [0.4, 0.5) is 4.39 Å². The van der Waals surface area contributed by atoms with Crippen LogP contribution < -0.4 is 9.83 Å². The zero-order valence-corrected chi connectivity index (χ0v) is 16.4. The lowest BCUT2D eigenvalue weighted by atomic mass is 9.92. The molecule has 29 heavy (non-hydrogen) atoms. The number of halogens is 1. The number of sulfonamides is 1. The second-order valence-corrected chi connectivity index (χ2v) is 8.94. The van der Waals surface area contributed by atoms with E-state index in [9.17, 15) is 22.7 Å². The van der Waals surface area contributed by atoms with Crippen LogP contribution in [0.15, 0.2) is 53.4 Å². The second-order valence-electron chi connectivity index (χ2n) is 7.23. The summed E-state index contributed by atoms with van der Waals surface area (Å²) in [6.45, 7) is 0.324. The van der Waals surface area contributed by atoms with Crippen molar-refractivity contribution < 1.29 is 22.7 Å². The van der Waals surface area contributed by atoms with E-state index in [0.29, 0.717) is 25.8 Å². The molecule has 0 bridgehead atoms. The number of benzene rings is 2. The van der Waals surface area contributed by atoms with Gasteiger partial charge in [0.1, 0.15) is 5.82 Å². The average molecular weight is 415 g/mol. The molecular formula is C21H20FN2O4S-. The molecule has 0 unspecified atom stereocenters. The Kier molecular flexibility index (Phi) is 5.14. The van der Waals surface area contributed by atoms with Crippen LogP contribution in [0.1, 0.15) is 24.1 Å². The van der Waals surface area contributed by atoms with Crippen molar-refractivity contribution in [2.24, 2.45) is 0 Å². The van der Waals surface area contributed by atoms with Crippen LogP contribution in [0.5, 0.6) is 0 Å². The third kappa shape index (κ3) is 3.90. The van der Waals surface area contributed by atoms with Crippen LogP contribution in [-0.4, -0.2) is 25.0 Å². The van der Waals surface area contributed by atoms with E-state index >= 15 is 0 Å². The Morgan fingerprint density at radius 2 is 1.90 bits per heavy atom. The van der Waals surface area contributed by atoms with Crippen molar-refractivity contribution in [2.75, 3.05) is 0 Å². The highest BCUT2D eigenvalue weighted by molar-refractivity contribution is 7.89. The minimum Gasteiger partial charge on any atom is -0.550 e. The number of fused-ring (bicyclic) bond motifs is 3. The van der Waals surface area contributed by atoms with Crippen LogP contribution in [0, 0.1) is 5.82 Å². The highest BCUT2D eigenvalue weighted by Gasteiger charge is 2.28. The van der Waals surface area contributed by atoms with Crippen molar-refractivity contribution in [3.8, 4) is 0 Å². The number of rotatable bonds is 6. The van der Waals surface area contributed by atoms with E-state index in [2.05, 4.69) is 4.72 Å². The lowest BCUT2D eigenvalue weighted by Crippen LogP contribution is -2.39. The summed E-state index contributed by atoms with van der Waals surface area (Å²) in [5, 5.41) is 11.9. The van der Waals surface area contributed by atoms with E-state index in [1.807, 2.05) is 28.8 Å². The lowest BCUT2D eigenvalue weighted by molar-refractivity contribution is -0.305. The Morgan fingerprint density at radius 1 is 1.17 bits per heavy atom. The number of carbonyl (C=O) groups excluding carboxylic acids is 1. The van der Waals surface area contributed by atoms with Gasteiger partial charge in [-0.2, -0.15) is 0 Å². The van der Waals surface area contributed by atoms with Gasteiger partial charge in [0.05, 0.1) is 4.90 Å². The highest BCUT2D eigenvalue weighted by atomic mass is 32.2. The standard InChI is InChI=1S/C21H21FN2O4S/c22-14-5-8-16(9-6-14)29(27,28)23-15-7-10-20-18(13-15)17-3-1-2-4-19(17)24(20)12-11-21(25)26/h1-6,8-9,15,23H,7,10-13H2,(H,25,26)/p-1/t15-/m1/s1. The molecule has 1 aromatic heterocycles. The molecule has 1 aliphatic rings. The highest BCUT2D eigenvalue weighted by Crippen LogP contribution is 2.33. The van der Waals surface area contributed by atoms with Gasteiger partial charge in [0.25, 0.3) is 0 Å². The van der Waals surface area contributed by atoms with E-state index in [4.69, 9.17) is 0 Å². The quantitative estimate of drug-likeness (QED) is 0.664. The first-order valence-electron chi connectivity index (χ1n) is 9.42. The maximum Gasteiger partial charge on any atom is 0.240 e. The molecule has 1 aliphatic carbocycles. The summed E-state index contributed by atoms with van der Waals surface area (Å²) in [4.78, 5) is 11.0. The Balaban J connectivity index is 1.62. The van der Waals surface area contributed by atoms with Gasteiger partial charge in [-0.1, -0.05) is 18.2 Å². The van der Waals surface area contributed by atoms with E-state index < -0.39 is 21.8 Å². The maximum absolute atomic E-state index is 13.1. The number of hydrogen-bond acceptors (Lipinski definition) is 4. The molecule has 4 rings (SSSR count). The third-order valence-corrected chi connectivity index (χ3v) is 6.90. The number of aryl methyl sites for hydroxylation is 1. The largest absolute Gasteiger partial charge is 0.550 e. The van der Waals surface area contributed by atoms with Gasteiger partial charge in [-0.15, -0.1) is 0 Å². The van der Waals surface area contributed by atoms with Crippen molar-refractivity contribution in [3.05, 3.63) is 65.6 Å². The molecule has 2 aromatic carbocycles. The van der Waals surface area contributed by atoms with Gasteiger partial charge >= 0.3 is 0 Å². The van der Waals surface area contributed by atoms with Crippen LogP contribution in [0.25, 0.3) is 10.9 Å². The number of aromatic nitrogens is 1. The van der Waals surface area contributed by atoms with Crippen molar-refractivity contribution in [2.45, 2.75) is 43.2 Å². The number of hydrogen-bond donors (Lipinski definition) is 1. The number of aliphatic carboxylic acids is 1. The molecule has 0 saturated heterocycles. The van der Waals surface area contributed by atoms with Gasteiger partial charge in [0.2, 0.25) is 10.0 Å². The fraction of sp³-hybridized carbons (Fsp3) is 0.286. The Hall–Kier alpha value is -2.71. The van der Waals surface area contributed by atoms with E-state index in [-0.39, 0.29) is 17.4 Å². The summed E-state index contributed by atoms with van der Waals surface area (Å²) < 4.78 is 43.2. The zero-order valence-electron chi connectivity index (χ0n) is 15.6. The summed E-state index contributed by atoms with van der Waals surface area (Å²) in [7, 11) is -3.76. The summed E-state index contributed by atoms with van der Waals surface area (Å²) in [6.07, 6.45) is 1.66. The molecule has 0 aliphatic heterocycles. The van der Waals surface area contributed by atoms with E-state index in [1.165, 1.54) is 12.1 Å². The molecule has 0 radical (unpaired) electrons. The Morgan fingerprint density at radius 3 is 2.62 bits per heavy atom. The molecule has 1 heterocycles. The Bertz CT molecular complexity index is 1170. The fourth-order valence-corrected chi connectivity index (χ4v) is 5.33. The van der Waals surface area contributed by atoms with Gasteiger partial charge in [-0.05, 0) is 55.2 Å². The van der Waals surface area contributed by atoms with Crippen LogP contribution in [0.2, 0.25) is 0 Å². The lowest BCUT2D eigenvalue weighted by Gasteiger charge is -2.25. The van der Waals surface area contributed by atoms with Gasteiger partial charge in [-0.3, -0.25) is 0 Å². The van der Waals surface area contributed by atoms with Crippen LogP contribution >= 0.6 is 0 Å². The normalized spacial score (nSPS) is 16.7. The monoisotopic (exact) mass is 415 g/mol. The Labute approximate surface area is 168 Å². The average Bonchev–Trinajstić information content (AvgIpc) is 2.99. The number of carboxylic acids is 1. The topological polar surface area (TPSA) is 91.2 Å². The number of carboxylic acid groups (broad SMARTS) is 1. The molecule has 152 valence electrons. The predicted molar refractivity (Wildman–Crippen MR) is 104 cm³/mol. The molecule has 0 saturated carbocycles. The zero-order chi connectivity index (χ0) is 20.6. The molecule has 1 N–H and O–H groups in total. The minimum atomic E-state index is -3.76. The molecule has 1 atom stereocenters. The van der Waals surface area contributed by atoms with Crippen molar-refractivity contribution in [3.63, 3.8) is 0 Å². The molecule has 0 fully saturated rings. The second kappa shape index (κ2) is 7.61. The van der Waals surface area contributed by atoms with Gasteiger partial charge in [-0.25, -0.2) is 17.5 Å². The first kappa shape index (κ1) is 19.6. The van der Waals surface area contributed by atoms with Crippen molar-refractivity contribution in [1.29, 1.82) is 0 Å². The SMILES string of the molecule is O=C([O-])CCn1c2c(c3ccccc31)C[C@H](NS(=O)(=O)c1ccc(F)cc1)CC2. The summed E-state index contributed by atoms with van der Waals surface area (Å²) in [5.41, 5.74) is 3.03. The van der Waals surface area contributed by atoms with Gasteiger partial charge < -0.3 is 14.5 Å². The number of carbonyl (C=O) groups is 1. The maximum atomic E-state index is 13.1. The molecule has 0 spiro atoms. The van der Waals surface area contributed by atoms with Gasteiger partial charge in [0.15, 0.2) is 0 Å². The first-order chi connectivity index (χ1) is 13.8. The van der Waals surface area contributed by atoms with Crippen molar-refractivity contribution >= 4 is 26.9 Å². The summed E-state index contributed by atoms with van der Waals surface area (Å²) in [5.74, 6) is -1.59. The number of nitrogens with zero attached hydrogens (tertiary/aromatic N) is 1. The van der Waals surface area contributed by atoms with Crippen LogP contribution in [0.3, 0.4) is 0 Å². The molecular weight excluding hydrogens is 395 g/mol. The third-order valence-electron chi connectivity index (χ3n) is 5.36. The molecule has 6 nitrogen and oxygen atoms in total. The smallest absolute Gasteiger partial charge is 0.240 e. The summed E-state index contributed by atoms with van der Waals surface area (Å²) in [6, 6.07) is 12.2. The molecule has 0 amide bonds. The summed E-state index contributed by atoms with van der Waals surface area (Å²) >= 11 is 0. The predicted octanol–water partition coefficient (Wildman–Crippen LogP) is 1.76. The molecule has 8 heteroatoms. The van der Waals surface area contributed by atoms with Crippen LogP contribution in [-0.2, 0) is 34.2 Å². The number of nitrogens with one attached hydrogen (secondary N) is 1. The first-order valence-corrected chi connectivity index (χ1v) is 10.9. The number of para-hydroxylation sites is 1. The minimum absolute atomic E-state index is 0.0288. The van der Waals surface area contributed by atoms with Crippen molar-refractivity contribution in [1.82, 2.24) is 9.29 Å². The molecule has 3 aromatic rings. The van der Waals surface area contributed by atoms with E-state index in [1.54, 1.807) is 0 Å². The fourth-order valence-electron chi connectivity index (χ4n) is 4.06. The van der Waals surface area contributed by atoms with E-state index in [0.717, 1.165) is 34.3 Å². The van der Waals surface area contributed by atoms with Gasteiger partial charge in [0, 0.05) is 41.6 Å².